The number of amides is 1. The zero-order valence-electron chi connectivity index (χ0n) is 16.2. The monoisotopic (exact) mass is 365 g/mol. The first-order chi connectivity index (χ1) is 12.2. The third kappa shape index (κ3) is 8.85. The summed E-state index contributed by atoms with van der Waals surface area (Å²) < 4.78 is 10.2. The lowest BCUT2D eigenvalue weighted by Gasteiger charge is -2.21. The number of aliphatic hydroxyl groups excluding tert-OH is 1. The molecule has 146 valence electrons. The summed E-state index contributed by atoms with van der Waals surface area (Å²) in [7, 11) is 0. The van der Waals surface area contributed by atoms with Crippen molar-refractivity contribution in [1.82, 2.24) is 5.32 Å². The molecule has 0 fully saturated rings. The lowest BCUT2D eigenvalue weighted by molar-refractivity contribution is -0.137. The van der Waals surface area contributed by atoms with Crippen LogP contribution in [0.3, 0.4) is 0 Å². The van der Waals surface area contributed by atoms with Gasteiger partial charge in [0.25, 0.3) is 0 Å². The lowest BCUT2D eigenvalue weighted by Crippen LogP contribution is -2.35. The molecule has 1 unspecified atom stereocenters. The molecule has 1 amide bonds. The van der Waals surface area contributed by atoms with Gasteiger partial charge in [0, 0.05) is 18.5 Å². The van der Waals surface area contributed by atoms with Crippen molar-refractivity contribution >= 4 is 12.1 Å². The van der Waals surface area contributed by atoms with Crippen molar-refractivity contribution in [2.45, 2.75) is 52.6 Å². The van der Waals surface area contributed by atoms with Crippen LogP contribution in [-0.4, -0.2) is 42.5 Å². The van der Waals surface area contributed by atoms with E-state index < -0.39 is 11.7 Å². The summed E-state index contributed by atoms with van der Waals surface area (Å²) in [5.74, 6) is -0.553. The summed E-state index contributed by atoms with van der Waals surface area (Å²) in [6.45, 7) is 7.64. The van der Waals surface area contributed by atoms with Crippen LogP contribution in [0, 0.1) is 5.92 Å². The van der Waals surface area contributed by atoms with Gasteiger partial charge < -0.3 is 19.9 Å². The Balaban J connectivity index is 2.90. The van der Waals surface area contributed by atoms with Gasteiger partial charge >= 0.3 is 12.1 Å². The van der Waals surface area contributed by atoms with Crippen LogP contribution < -0.4 is 5.32 Å². The first kappa shape index (κ1) is 22.0. The van der Waals surface area contributed by atoms with Crippen molar-refractivity contribution in [3.8, 4) is 0 Å². The Bertz CT molecular complexity index is 569. The van der Waals surface area contributed by atoms with Crippen LogP contribution in [0.5, 0.6) is 0 Å². The van der Waals surface area contributed by atoms with Gasteiger partial charge in [-0.25, -0.2) is 9.59 Å². The maximum atomic E-state index is 11.9. The van der Waals surface area contributed by atoms with Gasteiger partial charge in [-0.3, -0.25) is 0 Å². The van der Waals surface area contributed by atoms with Gasteiger partial charge in [0.1, 0.15) is 5.60 Å². The molecule has 0 aromatic carbocycles. The highest BCUT2D eigenvalue weighted by molar-refractivity contribution is 5.83. The number of carbonyl (C=O) groups is 2. The standard InChI is InChI=1S/C20H31NO5/c1-5-25-18(23)12-15-9-7-6-8-10-16(17(11-15)14-22)13-21-19(24)26-20(2,3)4/h8,10-12,16,22H,5-7,9,13-14H2,1-4H3,(H,21,24)/b10-8-,15-12+,17-11-. The summed E-state index contributed by atoms with van der Waals surface area (Å²) >= 11 is 0. The van der Waals surface area contributed by atoms with E-state index >= 15 is 0 Å². The lowest BCUT2D eigenvalue weighted by atomic mass is 9.96. The number of alkyl carbamates (subject to hydrolysis) is 1. The van der Waals surface area contributed by atoms with Gasteiger partial charge in [0.15, 0.2) is 0 Å². The van der Waals surface area contributed by atoms with Crippen molar-refractivity contribution in [1.29, 1.82) is 0 Å². The number of esters is 1. The predicted octanol–water partition coefficient (Wildman–Crippen LogP) is 3.28. The number of rotatable bonds is 5. The Morgan fingerprint density at radius 2 is 2.12 bits per heavy atom. The fraction of sp³-hybridized carbons (Fsp3) is 0.600. The average Bonchev–Trinajstić information content (AvgIpc) is 2.62. The van der Waals surface area contributed by atoms with Crippen LogP contribution in [0.25, 0.3) is 0 Å². The van der Waals surface area contributed by atoms with Gasteiger partial charge in [0.05, 0.1) is 13.2 Å². The molecule has 1 rings (SSSR count). The van der Waals surface area contributed by atoms with Crippen molar-refractivity contribution in [2.75, 3.05) is 19.8 Å². The molecule has 1 atom stereocenters. The van der Waals surface area contributed by atoms with Crippen LogP contribution in [0.2, 0.25) is 0 Å². The normalized spacial score (nSPS) is 23.0. The van der Waals surface area contributed by atoms with Gasteiger partial charge in [-0.1, -0.05) is 18.2 Å². The van der Waals surface area contributed by atoms with E-state index in [0.29, 0.717) is 13.2 Å². The topological polar surface area (TPSA) is 84.9 Å². The predicted molar refractivity (Wildman–Crippen MR) is 101 cm³/mol. The maximum Gasteiger partial charge on any atom is 0.407 e. The molecule has 0 spiro atoms. The molecule has 0 saturated carbocycles. The van der Waals surface area contributed by atoms with E-state index in [-0.39, 0.29) is 18.5 Å². The molecule has 1 aliphatic rings. The van der Waals surface area contributed by atoms with E-state index in [2.05, 4.69) is 5.32 Å². The third-order valence-corrected chi connectivity index (χ3v) is 3.69. The first-order valence-electron chi connectivity index (χ1n) is 9.07. The SMILES string of the molecule is CCOC(=O)/C=C1/C=C(/CO)C(CNC(=O)OC(C)(C)C)/C=C\CCC1. The summed E-state index contributed by atoms with van der Waals surface area (Å²) in [5, 5.41) is 12.5. The molecule has 0 aliphatic heterocycles. The molecule has 0 bridgehead atoms. The Hall–Kier alpha value is -2.08. The molecule has 0 heterocycles. The van der Waals surface area contributed by atoms with E-state index in [1.165, 1.54) is 6.08 Å². The highest BCUT2D eigenvalue weighted by Gasteiger charge is 2.19. The minimum absolute atomic E-state index is 0.162. The Labute approximate surface area is 155 Å². The smallest absolute Gasteiger partial charge is 0.407 e. The van der Waals surface area contributed by atoms with Crippen LogP contribution >= 0.6 is 0 Å². The largest absolute Gasteiger partial charge is 0.463 e. The molecular formula is C20H31NO5. The van der Waals surface area contributed by atoms with Gasteiger partial charge in [-0.15, -0.1) is 0 Å². The van der Waals surface area contributed by atoms with E-state index in [1.54, 1.807) is 27.7 Å². The van der Waals surface area contributed by atoms with Crippen molar-refractivity contribution in [2.24, 2.45) is 5.92 Å². The second-order valence-corrected chi connectivity index (χ2v) is 7.16. The zero-order valence-corrected chi connectivity index (χ0v) is 16.2. The Kier molecular flexibility index (Phi) is 9.13. The van der Waals surface area contributed by atoms with Crippen molar-refractivity contribution < 1.29 is 24.2 Å². The fourth-order valence-electron chi connectivity index (χ4n) is 2.54. The van der Waals surface area contributed by atoms with Crippen LogP contribution in [-0.2, 0) is 14.3 Å². The molecule has 6 heteroatoms. The van der Waals surface area contributed by atoms with Crippen molar-refractivity contribution in [3.05, 3.63) is 35.5 Å². The molecule has 0 radical (unpaired) electrons. The number of carbonyl (C=O) groups excluding carboxylic acids is 2. The second kappa shape index (κ2) is 10.8. The summed E-state index contributed by atoms with van der Waals surface area (Å²) in [6.07, 6.45) is 9.30. The fourth-order valence-corrected chi connectivity index (χ4v) is 2.54. The van der Waals surface area contributed by atoms with E-state index in [4.69, 9.17) is 9.47 Å². The molecular weight excluding hydrogens is 334 g/mol. The highest BCUT2D eigenvalue weighted by atomic mass is 16.6. The molecule has 0 aromatic heterocycles. The summed E-state index contributed by atoms with van der Waals surface area (Å²) in [5.41, 5.74) is 0.983. The van der Waals surface area contributed by atoms with Crippen LogP contribution in [0.4, 0.5) is 4.79 Å². The highest BCUT2D eigenvalue weighted by Crippen LogP contribution is 2.21. The quantitative estimate of drug-likeness (QED) is 0.444. The third-order valence-electron chi connectivity index (χ3n) is 3.69. The molecule has 26 heavy (non-hydrogen) atoms. The molecule has 6 nitrogen and oxygen atoms in total. The number of ether oxygens (including phenoxy) is 2. The first-order valence-corrected chi connectivity index (χ1v) is 9.07. The van der Waals surface area contributed by atoms with E-state index in [1.807, 2.05) is 18.2 Å². The molecule has 0 aromatic rings. The molecule has 0 saturated heterocycles. The Morgan fingerprint density at radius 1 is 1.38 bits per heavy atom. The molecule has 1 aliphatic carbocycles. The van der Waals surface area contributed by atoms with Crippen molar-refractivity contribution in [3.63, 3.8) is 0 Å². The summed E-state index contributed by atoms with van der Waals surface area (Å²) in [4.78, 5) is 23.6. The second-order valence-electron chi connectivity index (χ2n) is 7.16. The van der Waals surface area contributed by atoms with Crippen LogP contribution in [0.1, 0.15) is 47.0 Å². The van der Waals surface area contributed by atoms with Gasteiger partial charge in [-0.2, -0.15) is 0 Å². The van der Waals surface area contributed by atoms with Crippen LogP contribution in [0.15, 0.2) is 35.5 Å². The number of nitrogens with one attached hydrogen (secondary N) is 1. The maximum absolute atomic E-state index is 11.9. The van der Waals surface area contributed by atoms with Gasteiger partial charge in [0.2, 0.25) is 0 Å². The number of allylic oxidation sites excluding steroid dienone is 3. The zero-order chi connectivity index (χ0) is 19.6. The van der Waals surface area contributed by atoms with E-state index in [0.717, 1.165) is 30.4 Å². The number of aliphatic hydroxyl groups is 1. The summed E-state index contributed by atoms with van der Waals surface area (Å²) in [6, 6.07) is 0. The number of hydrogen-bond donors (Lipinski definition) is 2. The minimum atomic E-state index is -0.566. The van der Waals surface area contributed by atoms with Gasteiger partial charge in [-0.05, 0) is 58.1 Å². The average molecular weight is 365 g/mol. The Morgan fingerprint density at radius 3 is 2.73 bits per heavy atom. The van der Waals surface area contributed by atoms with E-state index in [9.17, 15) is 14.7 Å². The number of hydrogen-bond acceptors (Lipinski definition) is 5. The molecule has 2 N–H and O–H groups in total. The minimum Gasteiger partial charge on any atom is -0.463 e.